The maximum absolute atomic E-state index is 12.3. The van der Waals surface area contributed by atoms with Crippen LogP contribution in [0.2, 0.25) is 0 Å². The molecule has 6 heteroatoms. The van der Waals surface area contributed by atoms with Crippen molar-refractivity contribution in [3.8, 4) is 0 Å². The van der Waals surface area contributed by atoms with E-state index in [1.165, 1.54) is 0 Å². The van der Waals surface area contributed by atoms with Gasteiger partial charge in [0.25, 0.3) is 0 Å². The van der Waals surface area contributed by atoms with E-state index in [0.29, 0.717) is 17.3 Å². The second kappa shape index (κ2) is 6.75. The molecule has 2 fully saturated rings. The molecule has 2 aliphatic rings. The molecule has 2 aliphatic carbocycles. The second-order valence-electron chi connectivity index (χ2n) is 8.59. The summed E-state index contributed by atoms with van der Waals surface area (Å²) in [6.07, 6.45) is 8.66. The van der Waals surface area contributed by atoms with Gasteiger partial charge < -0.3 is 15.2 Å². The average Bonchev–Trinajstić information content (AvgIpc) is 3.40. The molecular weight excluding hydrogens is 342 g/mol. The van der Waals surface area contributed by atoms with Crippen LogP contribution in [0.3, 0.4) is 0 Å². The van der Waals surface area contributed by atoms with Gasteiger partial charge in [-0.1, -0.05) is 0 Å². The van der Waals surface area contributed by atoms with E-state index in [1.54, 1.807) is 13.8 Å². The van der Waals surface area contributed by atoms with Gasteiger partial charge in [0.1, 0.15) is 6.29 Å². The van der Waals surface area contributed by atoms with Crippen LogP contribution in [0.4, 0.5) is 5.69 Å². The Labute approximate surface area is 158 Å². The van der Waals surface area contributed by atoms with Crippen LogP contribution in [0.1, 0.15) is 64.0 Å². The Morgan fingerprint density at radius 2 is 1.93 bits per heavy atom. The third-order valence-corrected chi connectivity index (χ3v) is 5.83. The van der Waals surface area contributed by atoms with Crippen LogP contribution < -0.4 is 5.32 Å². The summed E-state index contributed by atoms with van der Waals surface area (Å²) in [6.45, 7) is 3.44. The number of rotatable bonds is 5. The van der Waals surface area contributed by atoms with E-state index < -0.39 is 5.60 Å². The molecule has 2 aromatic rings. The first-order valence-electron chi connectivity index (χ1n) is 9.87. The van der Waals surface area contributed by atoms with E-state index in [2.05, 4.69) is 5.32 Å². The number of fused-ring (bicyclic) bond motifs is 1. The molecule has 4 rings (SSSR count). The number of aromatic nitrogens is 2. The summed E-state index contributed by atoms with van der Waals surface area (Å²) in [5.74, 6) is 0.308. The summed E-state index contributed by atoms with van der Waals surface area (Å²) < 4.78 is 1.99. The molecule has 0 bridgehead atoms. The zero-order chi connectivity index (χ0) is 19.2. The summed E-state index contributed by atoms with van der Waals surface area (Å²) >= 11 is 0. The van der Waals surface area contributed by atoms with Crippen molar-refractivity contribution >= 4 is 28.8 Å². The molecule has 0 spiro atoms. The fraction of sp³-hybridized carbons (Fsp3) is 0.571. The standard InChI is InChI=1S/C21H27N3O3/c1-21(2,27)17-10-18-15(9-19(17)22-20(26)14-5-6-14)11-24(23-18)16-7-3-13(12-25)4-8-16/h9-14,16,27H,3-8H2,1-2H3,(H,22,26)/t13-,16-. The van der Waals surface area contributed by atoms with Crippen LogP contribution >= 0.6 is 0 Å². The van der Waals surface area contributed by atoms with Gasteiger partial charge in [0, 0.05) is 34.7 Å². The molecule has 1 aromatic carbocycles. The smallest absolute Gasteiger partial charge is 0.227 e. The minimum Gasteiger partial charge on any atom is -0.386 e. The maximum atomic E-state index is 12.3. The van der Waals surface area contributed by atoms with E-state index in [9.17, 15) is 14.7 Å². The van der Waals surface area contributed by atoms with Gasteiger partial charge >= 0.3 is 0 Å². The average molecular weight is 369 g/mol. The van der Waals surface area contributed by atoms with Crippen LogP contribution in [-0.2, 0) is 15.2 Å². The molecule has 1 aromatic heterocycles. The Morgan fingerprint density at radius 1 is 1.22 bits per heavy atom. The minimum absolute atomic E-state index is 0.0272. The van der Waals surface area contributed by atoms with E-state index in [0.717, 1.165) is 55.7 Å². The molecule has 0 atom stereocenters. The highest BCUT2D eigenvalue weighted by Crippen LogP contribution is 2.36. The van der Waals surface area contributed by atoms with Crippen molar-refractivity contribution in [3.63, 3.8) is 0 Å². The number of nitrogens with zero attached hydrogens (tertiary/aromatic N) is 2. The van der Waals surface area contributed by atoms with Gasteiger partial charge in [0.2, 0.25) is 5.91 Å². The summed E-state index contributed by atoms with van der Waals surface area (Å²) in [5, 5.41) is 19.3. The Morgan fingerprint density at radius 3 is 2.52 bits per heavy atom. The summed E-state index contributed by atoms with van der Waals surface area (Å²) in [5.41, 5.74) is 1.08. The molecule has 1 amide bonds. The molecule has 0 radical (unpaired) electrons. The van der Waals surface area contributed by atoms with Crippen molar-refractivity contribution in [1.29, 1.82) is 0 Å². The van der Waals surface area contributed by atoms with E-state index in [4.69, 9.17) is 5.10 Å². The van der Waals surface area contributed by atoms with E-state index >= 15 is 0 Å². The largest absolute Gasteiger partial charge is 0.386 e. The van der Waals surface area contributed by atoms with Gasteiger partial charge in [-0.25, -0.2) is 0 Å². The van der Waals surface area contributed by atoms with Crippen molar-refractivity contribution in [2.24, 2.45) is 11.8 Å². The third-order valence-electron chi connectivity index (χ3n) is 5.83. The predicted molar refractivity (Wildman–Crippen MR) is 103 cm³/mol. The highest BCUT2D eigenvalue weighted by atomic mass is 16.3. The van der Waals surface area contributed by atoms with Crippen molar-refractivity contribution in [3.05, 3.63) is 23.9 Å². The van der Waals surface area contributed by atoms with E-state index in [-0.39, 0.29) is 17.7 Å². The topological polar surface area (TPSA) is 84.2 Å². The molecule has 6 nitrogen and oxygen atoms in total. The van der Waals surface area contributed by atoms with Gasteiger partial charge in [-0.2, -0.15) is 5.10 Å². The normalized spacial score (nSPS) is 23.4. The van der Waals surface area contributed by atoms with Crippen LogP contribution in [0.25, 0.3) is 10.9 Å². The highest BCUT2D eigenvalue weighted by molar-refractivity contribution is 5.97. The molecule has 0 aliphatic heterocycles. The van der Waals surface area contributed by atoms with Crippen molar-refractivity contribution in [1.82, 2.24) is 9.78 Å². The van der Waals surface area contributed by atoms with Crippen molar-refractivity contribution in [2.45, 2.75) is 64.0 Å². The van der Waals surface area contributed by atoms with Gasteiger partial charge in [-0.15, -0.1) is 0 Å². The molecule has 27 heavy (non-hydrogen) atoms. The lowest BCUT2D eigenvalue weighted by atomic mass is 9.87. The zero-order valence-corrected chi connectivity index (χ0v) is 15.9. The number of carbonyl (C=O) groups is 2. The van der Waals surface area contributed by atoms with E-state index in [1.807, 2.05) is 23.0 Å². The van der Waals surface area contributed by atoms with Crippen molar-refractivity contribution < 1.29 is 14.7 Å². The Bertz CT molecular complexity index is 869. The van der Waals surface area contributed by atoms with Gasteiger partial charge in [-0.05, 0) is 64.5 Å². The van der Waals surface area contributed by atoms with Gasteiger partial charge in [0.15, 0.2) is 0 Å². The summed E-state index contributed by atoms with van der Waals surface area (Å²) in [7, 11) is 0. The maximum Gasteiger partial charge on any atom is 0.227 e. The second-order valence-corrected chi connectivity index (χ2v) is 8.59. The van der Waals surface area contributed by atoms with Crippen LogP contribution in [0, 0.1) is 11.8 Å². The number of nitrogens with one attached hydrogen (secondary N) is 1. The summed E-state index contributed by atoms with van der Waals surface area (Å²) in [6, 6.07) is 4.10. The van der Waals surface area contributed by atoms with Crippen LogP contribution in [0.15, 0.2) is 18.3 Å². The molecule has 2 N–H and O–H groups in total. The number of carbonyl (C=O) groups excluding carboxylic acids is 2. The van der Waals surface area contributed by atoms with Gasteiger partial charge in [-0.3, -0.25) is 9.48 Å². The fourth-order valence-corrected chi connectivity index (χ4v) is 3.97. The van der Waals surface area contributed by atoms with Crippen LogP contribution in [-0.4, -0.2) is 27.1 Å². The molecule has 2 saturated carbocycles. The molecule has 0 saturated heterocycles. The quantitative estimate of drug-likeness (QED) is 0.790. The number of amides is 1. The lowest BCUT2D eigenvalue weighted by Crippen LogP contribution is -2.21. The molecule has 1 heterocycles. The first kappa shape index (κ1) is 18.2. The number of benzene rings is 1. The SMILES string of the molecule is CC(C)(O)c1cc2nn([C@H]3CC[C@H](C=O)CC3)cc2cc1NC(=O)C1CC1. The zero-order valence-electron chi connectivity index (χ0n) is 15.9. The first-order valence-corrected chi connectivity index (χ1v) is 9.87. The molecule has 144 valence electrons. The van der Waals surface area contributed by atoms with Crippen molar-refractivity contribution in [2.75, 3.05) is 5.32 Å². The number of anilines is 1. The third kappa shape index (κ3) is 3.76. The monoisotopic (exact) mass is 369 g/mol. The predicted octanol–water partition coefficient (Wildman–Crippen LogP) is 3.54. The first-order chi connectivity index (χ1) is 12.8. The lowest BCUT2D eigenvalue weighted by Gasteiger charge is -2.25. The van der Waals surface area contributed by atoms with Crippen LogP contribution in [0.5, 0.6) is 0 Å². The number of aldehydes is 1. The number of hydrogen-bond donors (Lipinski definition) is 2. The van der Waals surface area contributed by atoms with Gasteiger partial charge in [0.05, 0.1) is 17.2 Å². The highest BCUT2D eigenvalue weighted by Gasteiger charge is 2.31. The number of hydrogen-bond acceptors (Lipinski definition) is 4. The lowest BCUT2D eigenvalue weighted by molar-refractivity contribution is -0.117. The number of aliphatic hydroxyl groups is 1. The Kier molecular flexibility index (Phi) is 4.54. The summed E-state index contributed by atoms with van der Waals surface area (Å²) in [4.78, 5) is 23.2. The Hall–Kier alpha value is -2.21. The minimum atomic E-state index is -1.08. The Balaban J connectivity index is 1.66. The molecular formula is C21H27N3O3. The molecule has 0 unspecified atom stereocenters. The fourth-order valence-electron chi connectivity index (χ4n) is 3.97.